The van der Waals surface area contributed by atoms with Crippen LogP contribution in [-0.2, 0) is 4.79 Å². The minimum Gasteiger partial charge on any atom is -0.324 e. The summed E-state index contributed by atoms with van der Waals surface area (Å²) in [5.41, 5.74) is 1.38. The third-order valence-electron chi connectivity index (χ3n) is 2.96. The smallest absolute Gasteiger partial charge is 0.269 e. The van der Waals surface area contributed by atoms with Crippen molar-refractivity contribution >= 4 is 17.3 Å². The van der Waals surface area contributed by atoms with Crippen molar-refractivity contribution in [1.82, 2.24) is 9.78 Å². The summed E-state index contributed by atoms with van der Waals surface area (Å²) in [7, 11) is 0. The third kappa shape index (κ3) is 2.82. The van der Waals surface area contributed by atoms with Gasteiger partial charge in [-0.05, 0) is 32.0 Å². The molecule has 1 N–H and O–H groups in total. The number of carbonyl (C=O) groups excluding carboxylic acids is 1. The Morgan fingerprint density at radius 1 is 1.35 bits per heavy atom. The van der Waals surface area contributed by atoms with E-state index in [0.717, 1.165) is 5.69 Å². The maximum atomic E-state index is 12.1. The molecule has 0 aliphatic heterocycles. The van der Waals surface area contributed by atoms with Crippen LogP contribution < -0.4 is 5.32 Å². The molecule has 0 bridgehead atoms. The van der Waals surface area contributed by atoms with Gasteiger partial charge < -0.3 is 5.32 Å². The molecule has 0 aliphatic rings. The number of benzene rings is 1. The van der Waals surface area contributed by atoms with Crippen molar-refractivity contribution in [3.63, 3.8) is 0 Å². The molecule has 0 fully saturated rings. The molecule has 1 unspecified atom stereocenters. The molecule has 1 heterocycles. The molecule has 0 saturated heterocycles. The lowest BCUT2D eigenvalue weighted by Gasteiger charge is -2.14. The average Bonchev–Trinajstić information content (AvgIpc) is 2.84. The zero-order valence-corrected chi connectivity index (χ0v) is 11.1. The molecule has 1 aromatic carbocycles. The zero-order valence-electron chi connectivity index (χ0n) is 11.1. The third-order valence-corrected chi connectivity index (χ3v) is 2.96. The summed E-state index contributed by atoms with van der Waals surface area (Å²) in [6.07, 6.45) is 1.63. The Balaban J connectivity index is 2.08. The normalized spacial score (nSPS) is 11.9. The van der Waals surface area contributed by atoms with Crippen molar-refractivity contribution in [2.75, 3.05) is 5.32 Å². The Morgan fingerprint density at radius 3 is 2.50 bits per heavy atom. The molecule has 7 nitrogen and oxygen atoms in total. The van der Waals surface area contributed by atoms with Crippen LogP contribution in [0, 0.1) is 17.0 Å². The molecule has 1 atom stereocenters. The summed E-state index contributed by atoms with van der Waals surface area (Å²) in [6.45, 7) is 3.60. The lowest BCUT2D eigenvalue weighted by Crippen LogP contribution is -2.25. The second kappa shape index (κ2) is 5.52. The number of nitro benzene ring substituents is 1. The number of amides is 1. The molecule has 20 heavy (non-hydrogen) atoms. The Bertz CT molecular complexity index is 633. The summed E-state index contributed by atoms with van der Waals surface area (Å²) < 4.78 is 1.61. The first-order chi connectivity index (χ1) is 9.49. The molecular weight excluding hydrogens is 260 g/mol. The Labute approximate surface area is 115 Å². The van der Waals surface area contributed by atoms with Gasteiger partial charge in [0.05, 0.1) is 4.92 Å². The van der Waals surface area contributed by atoms with Gasteiger partial charge in [0, 0.05) is 29.7 Å². The number of non-ortho nitro benzene ring substituents is 1. The SMILES string of the molecule is Cc1ccnn1C(C)C(=O)Nc1ccc([N+](=O)[O-])cc1. The van der Waals surface area contributed by atoms with Crippen LogP contribution in [0.4, 0.5) is 11.4 Å². The van der Waals surface area contributed by atoms with Crippen LogP contribution in [0.3, 0.4) is 0 Å². The van der Waals surface area contributed by atoms with Gasteiger partial charge in [-0.25, -0.2) is 0 Å². The number of nitrogens with one attached hydrogen (secondary N) is 1. The molecule has 0 aliphatic carbocycles. The first-order valence-electron chi connectivity index (χ1n) is 6.04. The quantitative estimate of drug-likeness (QED) is 0.684. The van der Waals surface area contributed by atoms with Gasteiger partial charge in [-0.2, -0.15) is 5.10 Å². The van der Waals surface area contributed by atoms with Gasteiger partial charge in [-0.3, -0.25) is 19.6 Å². The van der Waals surface area contributed by atoms with Gasteiger partial charge in [0.15, 0.2) is 0 Å². The summed E-state index contributed by atoms with van der Waals surface area (Å²) in [4.78, 5) is 22.1. The Kier molecular flexibility index (Phi) is 3.79. The van der Waals surface area contributed by atoms with E-state index in [2.05, 4.69) is 10.4 Å². The van der Waals surface area contributed by atoms with E-state index in [1.807, 2.05) is 13.0 Å². The summed E-state index contributed by atoms with van der Waals surface area (Å²) in [5, 5.41) is 17.3. The second-order valence-corrected chi connectivity index (χ2v) is 4.39. The lowest BCUT2D eigenvalue weighted by atomic mass is 10.2. The van der Waals surface area contributed by atoms with Gasteiger partial charge in [-0.15, -0.1) is 0 Å². The molecule has 1 aromatic heterocycles. The lowest BCUT2D eigenvalue weighted by molar-refractivity contribution is -0.384. The Morgan fingerprint density at radius 2 is 2.00 bits per heavy atom. The number of nitrogens with zero attached hydrogens (tertiary/aromatic N) is 3. The fourth-order valence-corrected chi connectivity index (χ4v) is 1.81. The molecule has 0 saturated carbocycles. The first kappa shape index (κ1) is 13.7. The highest BCUT2D eigenvalue weighted by Crippen LogP contribution is 2.17. The summed E-state index contributed by atoms with van der Waals surface area (Å²) >= 11 is 0. The van der Waals surface area contributed by atoms with Crippen LogP contribution in [0.2, 0.25) is 0 Å². The van der Waals surface area contributed by atoms with E-state index < -0.39 is 11.0 Å². The number of nitro groups is 1. The minimum atomic E-state index is -0.485. The van der Waals surface area contributed by atoms with Crippen molar-refractivity contribution in [3.8, 4) is 0 Å². The topological polar surface area (TPSA) is 90.1 Å². The second-order valence-electron chi connectivity index (χ2n) is 4.39. The number of carbonyl (C=O) groups is 1. The number of hydrogen-bond donors (Lipinski definition) is 1. The number of hydrogen-bond acceptors (Lipinski definition) is 4. The van der Waals surface area contributed by atoms with Crippen molar-refractivity contribution in [3.05, 3.63) is 52.3 Å². The van der Waals surface area contributed by atoms with E-state index in [1.165, 1.54) is 24.3 Å². The fourth-order valence-electron chi connectivity index (χ4n) is 1.81. The summed E-state index contributed by atoms with van der Waals surface area (Å²) in [6, 6.07) is 7.05. The van der Waals surface area contributed by atoms with Gasteiger partial charge in [0.1, 0.15) is 6.04 Å². The van der Waals surface area contributed by atoms with Crippen LogP contribution in [0.15, 0.2) is 36.5 Å². The van der Waals surface area contributed by atoms with E-state index in [0.29, 0.717) is 5.69 Å². The van der Waals surface area contributed by atoms with Crippen molar-refractivity contribution < 1.29 is 9.72 Å². The van der Waals surface area contributed by atoms with Gasteiger partial charge >= 0.3 is 0 Å². The number of aromatic nitrogens is 2. The zero-order chi connectivity index (χ0) is 14.7. The van der Waals surface area contributed by atoms with Crippen LogP contribution in [-0.4, -0.2) is 20.6 Å². The van der Waals surface area contributed by atoms with Crippen LogP contribution in [0.25, 0.3) is 0 Å². The van der Waals surface area contributed by atoms with E-state index in [4.69, 9.17) is 0 Å². The predicted octanol–water partition coefficient (Wildman–Crippen LogP) is 2.30. The predicted molar refractivity (Wildman–Crippen MR) is 73.4 cm³/mol. The van der Waals surface area contributed by atoms with Gasteiger partial charge in [0.25, 0.3) is 5.69 Å². The first-order valence-corrected chi connectivity index (χ1v) is 6.04. The molecule has 0 radical (unpaired) electrons. The van der Waals surface area contributed by atoms with Crippen LogP contribution in [0.1, 0.15) is 18.7 Å². The standard InChI is InChI=1S/C13H14N4O3/c1-9-7-8-14-16(9)10(2)13(18)15-11-3-5-12(6-4-11)17(19)20/h3-8,10H,1-2H3,(H,15,18). The van der Waals surface area contributed by atoms with E-state index in [-0.39, 0.29) is 11.6 Å². The molecule has 2 aromatic rings. The highest BCUT2D eigenvalue weighted by molar-refractivity contribution is 5.93. The number of aryl methyl sites for hydroxylation is 1. The monoisotopic (exact) mass is 274 g/mol. The maximum Gasteiger partial charge on any atom is 0.269 e. The van der Waals surface area contributed by atoms with Crippen LogP contribution >= 0.6 is 0 Å². The van der Waals surface area contributed by atoms with E-state index >= 15 is 0 Å². The maximum absolute atomic E-state index is 12.1. The average molecular weight is 274 g/mol. The Hall–Kier alpha value is -2.70. The highest BCUT2D eigenvalue weighted by atomic mass is 16.6. The molecule has 0 spiro atoms. The van der Waals surface area contributed by atoms with E-state index in [1.54, 1.807) is 17.8 Å². The number of rotatable bonds is 4. The largest absolute Gasteiger partial charge is 0.324 e. The van der Waals surface area contributed by atoms with Crippen molar-refractivity contribution in [1.29, 1.82) is 0 Å². The van der Waals surface area contributed by atoms with E-state index in [9.17, 15) is 14.9 Å². The van der Waals surface area contributed by atoms with Gasteiger partial charge in [-0.1, -0.05) is 0 Å². The van der Waals surface area contributed by atoms with Crippen molar-refractivity contribution in [2.45, 2.75) is 19.9 Å². The summed E-state index contributed by atoms with van der Waals surface area (Å²) in [5.74, 6) is -0.231. The molecular formula is C13H14N4O3. The molecule has 7 heteroatoms. The number of anilines is 1. The van der Waals surface area contributed by atoms with Gasteiger partial charge in [0.2, 0.25) is 5.91 Å². The fraction of sp³-hybridized carbons (Fsp3) is 0.231. The van der Waals surface area contributed by atoms with Crippen LogP contribution in [0.5, 0.6) is 0 Å². The molecule has 1 amide bonds. The highest BCUT2D eigenvalue weighted by Gasteiger charge is 2.17. The van der Waals surface area contributed by atoms with Crippen molar-refractivity contribution in [2.24, 2.45) is 0 Å². The molecule has 104 valence electrons. The minimum absolute atomic E-state index is 0.0148. The molecule has 2 rings (SSSR count).